The number of piperazine rings is 1. The van der Waals surface area contributed by atoms with Gasteiger partial charge in [0.25, 0.3) is 0 Å². The number of hydrogen-bond donors (Lipinski definition) is 1. The van der Waals surface area contributed by atoms with Crippen LogP contribution in [-0.2, 0) is 6.54 Å². The first-order valence-electron chi connectivity index (χ1n) is 7.95. The summed E-state index contributed by atoms with van der Waals surface area (Å²) in [6.45, 7) is 7.53. The summed E-state index contributed by atoms with van der Waals surface area (Å²) in [7, 11) is 0. The summed E-state index contributed by atoms with van der Waals surface area (Å²) in [5, 5.41) is 3.99. The molecule has 0 spiro atoms. The third-order valence-corrected chi connectivity index (χ3v) is 5.40. The molecule has 0 radical (unpaired) electrons. The van der Waals surface area contributed by atoms with Crippen LogP contribution < -0.4 is 5.32 Å². The monoisotopic (exact) mass is 310 g/mol. The summed E-state index contributed by atoms with van der Waals surface area (Å²) in [5.74, 6) is 0.477. The molecule has 1 heterocycles. The van der Waals surface area contributed by atoms with Crippen molar-refractivity contribution in [3.63, 3.8) is 0 Å². The fourth-order valence-corrected chi connectivity index (χ4v) is 3.74. The topological polar surface area (TPSA) is 15.3 Å². The van der Waals surface area contributed by atoms with Crippen LogP contribution in [0.4, 0.5) is 4.39 Å². The molecule has 0 bridgehead atoms. The van der Waals surface area contributed by atoms with Gasteiger partial charge in [-0.3, -0.25) is 4.90 Å². The fourth-order valence-electron chi connectivity index (χ4n) is 3.54. The van der Waals surface area contributed by atoms with Crippen molar-refractivity contribution >= 4 is 11.6 Å². The Morgan fingerprint density at radius 3 is 2.81 bits per heavy atom. The van der Waals surface area contributed by atoms with Crippen LogP contribution in [0.2, 0.25) is 5.02 Å². The second kappa shape index (κ2) is 5.86. The molecule has 1 aliphatic heterocycles. The Hall–Kier alpha value is -0.640. The predicted octanol–water partition coefficient (Wildman–Crippen LogP) is 3.83. The molecule has 1 N–H and O–H groups in total. The van der Waals surface area contributed by atoms with E-state index in [-0.39, 0.29) is 16.4 Å². The third kappa shape index (κ3) is 3.25. The SMILES string of the molecule is CCC1CNC(C)(C2CC2)CN1Cc1ccc(F)c(Cl)c1. The van der Waals surface area contributed by atoms with E-state index >= 15 is 0 Å². The second-order valence-corrected chi connectivity index (χ2v) is 7.20. The molecule has 2 fully saturated rings. The minimum absolute atomic E-state index is 0.223. The molecule has 2 unspecified atom stereocenters. The third-order valence-electron chi connectivity index (χ3n) is 5.11. The summed E-state index contributed by atoms with van der Waals surface area (Å²) in [6, 6.07) is 5.63. The van der Waals surface area contributed by atoms with Gasteiger partial charge in [-0.15, -0.1) is 0 Å². The lowest BCUT2D eigenvalue weighted by Gasteiger charge is -2.46. The summed E-state index contributed by atoms with van der Waals surface area (Å²) < 4.78 is 13.3. The maximum absolute atomic E-state index is 13.3. The minimum Gasteiger partial charge on any atom is -0.308 e. The largest absolute Gasteiger partial charge is 0.308 e. The molecular weight excluding hydrogens is 287 g/mol. The number of halogens is 2. The van der Waals surface area contributed by atoms with Gasteiger partial charge >= 0.3 is 0 Å². The lowest BCUT2D eigenvalue weighted by atomic mass is 9.90. The molecule has 3 rings (SSSR count). The van der Waals surface area contributed by atoms with Crippen molar-refractivity contribution in [2.45, 2.75) is 51.2 Å². The van der Waals surface area contributed by atoms with Gasteiger partial charge in [-0.25, -0.2) is 4.39 Å². The van der Waals surface area contributed by atoms with Crippen LogP contribution in [0.5, 0.6) is 0 Å². The lowest BCUT2D eigenvalue weighted by molar-refractivity contribution is 0.0666. The average Bonchev–Trinajstić information content (AvgIpc) is 3.28. The first kappa shape index (κ1) is 15.3. The van der Waals surface area contributed by atoms with Crippen molar-refractivity contribution in [3.8, 4) is 0 Å². The van der Waals surface area contributed by atoms with Gasteiger partial charge in [-0.2, -0.15) is 0 Å². The Kier molecular flexibility index (Phi) is 4.26. The molecule has 1 aliphatic carbocycles. The summed E-state index contributed by atoms with van der Waals surface area (Å²) in [5.41, 5.74) is 1.33. The summed E-state index contributed by atoms with van der Waals surface area (Å²) >= 11 is 5.91. The van der Waals surface area contributed by atoms with Crippen LogP contribution in [0.3, 0.4) is 0 Å². The Bertz CT molecular complexity index is 518. The van der Waals surface area contributed by atoms with Crippen molar-refractivity contribution < 1.29 is 4.39 Å². The van der Waals surface area contributed by atoms with Crippen LogP contribution >= 0.6 is 11.6 Å². The number of nitrogens with one attached hydrogen (secondary N) is 1. The zero-order chi connectivity index (χ0) is 15.0. The molecule has 2 atom stereocenters. The van der Waals surface area contributed by atoms with E-state index in [1.54, 1.807) is 6.07 Å². The minimum atomic E-state index is -0.337. The Morgan fingerprint density at radius 2 is 2.19 bits per heavy atom. The molecule has 0 aromatic heterocycles. The Balaban J connectivity index is 1.74. The van der Waals surface area contributed by atoms with Crippen LogP contribution in [-0.4, -0.2) is 29.6 Å². The van der Waals surface area contributed by atoms with E-state index in [1.807, 2.05) is 6.07 Å². The number of hydrogen-bond acceptors (Lipinski definition) is 2. The number of benzene rings is 1. The van der Waals surface area contributed by atoms with Crippen molar-refractivity contribution in [3.05, 3.63) is 34.6 Å². The first-order valence-corrected chi connectivity index (χ1v) is 8.32. The van der Waals surface area contributed by atoms with Crippen molar-refractivity contribution in [2.75, 3.05) is 13.1 Å². The van der Waals surface area contributed by atoms with E-state index in [0.717, 1.165) is 37.5 Å². The van der Waals surface area contributed by atoms with Crippen LogP contribution in [0.25, 0.3) is 0 Å². The van der Waals surface area contributed by atoms with Gasteiger partial charge < -0.3 is 5.32 Å². The molecule has 1 aromatic rings. The predicted molar refractivity (Wildman–Crippen MR) is 85.0 cm³/mol. The Labute approximate surface area is 131 Å². The molecule has 1 saturated heterocycles. The quantitative estimate of drug-likeness (QED) is 0.909. The van der Waals surface area contributed by atoms with Crippen molar-refractivity contribution in [1.82, 2.24) is 10.2 Å². The van der Waals surface area contributed by atoms with E-state index < -0.39 is 0 Å². The molecule has 21 heavy (non-hydrogen) atoms. The highest BCUT2D eigenvalue weighted by Gasteiger charge is 2.45. The van der Waals surface area contributed by atoms with E-state index in [2.05, 4.69) is 24.1 Å². The lowest BCUT2D eigenvalue weighted by Crippen LogP contribution is -2.63. The summed E-state index contributed by atoms with van der Waals surface area (Å²) in [4.78, 5) is 2.54. The standard InChI is InChI=1S/C17H24ClFN2/c1-3-14-9-20-17(2,13-5-6-13)11-21(14)10-12-4-7-16(19)15(18)8-12/h4,7-8,13-14,20H,3,5-6,9-11H2,1-2H3. The first-order chi connectivity index (χ1) is 10.0. The highest BCUT2D eigenvalue weighted by atomic mass is 35.5. The molecule has 1 saturated carbocycles. The molecule has 0 amide bonds. The molecule has 2 aliphatic rings. The molecule has 4 heteroatoms. The zero-order valence-corrected chi connectivity index (χ0v) is 13.6. The summed E-state index contributed by atoms with van der Waals surface area (Å²) in [6.07, 6.45) is 3.82. The van der Waals surface area contributed by atoms with Crippen molar-refractivity contribution in [1.29, 1.82) is 0 Å². The van der Waals surface area contributed by atoms with Crippen LogP contribution in [0.1, 0.15) is 38.7 Å². The van der Waals surface area contributed by atoms with Crippen molar-refractivity contribution in [2.24, 2.45) is 5.92 Å². The van der Waals surface area contributed by atoms with E-state index in [1.165, 1.54) is 18.9 Å². The highest BCUT2D eigenvalue weighted by Crippen LogP contribution is 2.41. The molecule has 1 aromatic carbocycles. The number of rotatable bonds is 4. The van der Waals surface area contributed by atoms with Gasteiger partial charge in [-0.05, 0) is 49.8 Å². The highest BCUT2D eigenvalue weighted by molar-refractivity contribution is 6.30. The fraction of sp³-hybridized carbons (Fsp3) is 0.647. The zero-order valence-electron chi connectivity index (χ0n) is 12.8. The van der Waals surface area contributed by atoms with E-state index in [9.17, 15) is 4.39 Å². The maximum atomic E-state index is 13.3. The van der Waals surface area contributed by atoms with Gasteiger partial charge in [0.15, 0.2) is 0 Å². The average molecular weight is 311 g/mol. The van der Waals surface area contributed by atoms with Gasteiger partial charge in [0.2, 0.25) is 0 Å². The molecular formula is C17H24ClFN2. The van der Waals surface area contributed by atoms with Gasteiger partial charge in [-0.1, -0.05) is 24.6 Å². The second-order valence-electron chi connectivity index (χ2n) is 6.79. The van der Waals surface area contributed by atoms with E-state index in [0.29, 0.717) is 6.04 Å². The maximum Gasteiger partial charge on any atom is 0.141 e. The van der Waals surface area contributed by atoms with E-state index in [4.69, 9.17) is 11.6 Å². The molecule has 2 nitrogen and oxygen atoms in total. The van der Waals surface area contributed by atoms with Gasteiger partial charge in [0.05, 0.1) is 5.02 Å². The van der Waals surface area contributed by atoms with Gasteiger partial charge in [0, 0.05) is 31.2 Å². The van der Waals surface area contributed by atoms with Crippen LogP contribution in [0, 0.1) is 11.7 Å². The molecule has 116 valence electrons. The normalized spacial score (nSPS) is 30.6. The van der Waals surface area contributed by atoms with Crippen LogP contribution in [0.15, 0.2) is 18.2 Å². The van der Waals surface area contributed by atoms with Gasteiger partial charge in [0.1, 0.15) is 5.82 Å². The Morgan fingerprint density at radius 1 is 1.43 bits per heavy atom. The smallest absolute Gasteiger partial charge is 0.141 e. The number of nitrogens with zero attached hydrogens (tertiary/aromatic N) is 1.